The fourth-order valence-corrected chi connectivity index (χ4v) is 2.90. The molecule has 122 valence electrons. The number of amides is 1. The van der Waals surface area contributed by atoms with Gasteiger partial charge < -0.3 is 11.1 Å². The summed E-state index contributed by atoms with van der Waals surface area (Å²) < 4.78 is 0. The number of nitrogens with zero attached hydrogens (tertiary/aromatic N) is 1. The Kier molecular flexibility index (Phi) is 7.45. The van der Waals surface area contributed by atoms with E-state index in [1.807, 2.05) is 41.1 Å². The largest absolute Gasteiger partial charge is 0.326 e. The Hall–Kier alpha value is -1.66. The third-order valence-corrected chi connectivity index (χ3v) is 4.00. The molecule has 0 aliphatic heterocycles. The van der Waals surface area contributed by atoms with Gasteiger partial charge in [0.1, 0.15) is 0 Å². The Morgan fingerprint density at radius 2 is 2.04 bits per heavy atom. The second kappa shape index (κ2) is 8.84. The molecule has 1 amide bonds. The summed E-state index contributed by atoms with van der Waals surface area (Å²) in [5.41, 5.74) is 7.80. The Morgan fingerprint density at radius 3 is 2.78 bits per heavy atom. The zero-order chi connectivity index (χ0) is 14.7. The van der Waals surface area contributed by atoms with Crippen LogP contribution in [0.3, 0.4) is 0 Å². The van der Waals surface area contributed by atoms with Gasteiger partial charge in [0.2, 0.25) is 5.91 Å². The van der Waals surface area contributed by atoms with Crippen LogP contribution in [-0.4, -0.2) is 10.9 Å². The van der Waals surface area contributed by atoms with Crippen molar-refractivity contribution in [2.24, 2.45) is 5.73 Å². The zero-order valence-electron chi connectivity index (χ0n) is 12.1. The number of rotatable bonds is 4. The Balaban J connectivity index is 0.00000132. The minimum atomic E-state index is -0.263. The lowest BCUT2D eigenvalue weighted by Crippen LogP contribution is -2.20. The first-order chi connectivity index (χ1) is 10.2. The van der Waals surface area contributed by atoms with Crippen LogP contribution in [0.25, 0.3) is 10.8 Å². The molecule has 1 aromatic carbocycles. The van der Waals surface area contributed by atoms with E-state index in [9.17, 15) is 4.79 Å². The van der Waals surface area contributed by atoms with Crippen LogP contribution >= 0.6 is 36.2 Å². The molecular weight excluding hydrogens is 353 g/mol. The highest BCUT2D eigenvalue weighted by Gasteiger charge is 2.12. The second-order valence-electron chi connectivity index (χ2n) is 4.85. The number of hydrogen-bond donors (Lipinski definition) is 2. The molecule has 0 aliphatic carbocycles. The molecular formula is C16H17Cl2N3OS. The van der Waals surface area contributed by atoms with Gasteiger partial charge in [-0.2, -0.15) is 11.3 Å². The van der Waals surface area contributed by atoms with Crippen molar-refractivity contribution in [3.63, 3.8) is 0 Å². The fourth-order valence-electron chi connectivity index (χ4n) is 2.18. The molecule has 0 saturated heterocycles. The van der Waals surface area contributed by atoms with Gasteiger partial charge in [0.15, 0.2) is 0 Å². The van der Waals surface area contributed by atoms with Crippen LogP contribution in [0.15, 0.2) is 53.5 Å². The highest BCUT2D eigenvalue weighted by atomic mass is 35.5. The predicted molar refractivity (Wildman–Crippen MR) is 101 cm³/mol. The smallest absolute Gasteiger partial charge is 0.226 e. The number of thiophene rings is 1. The molecule has 0 bridgehead atoms. The molecule has 0 radical (unpaired) electrons. The fraction of sp³-hybridized carbons (Fsp3) is 0.125. The van der Waals surface area contributed by atoms with Gasteiger partial charge in [0, 0.05) is 35.9 Å². The minimum Gasteiger partial charge on any atom is -0.326 e. The number of halogens is 2. The average molecular weight is 370 g/mol. The third kappa shape index (κ3) is 4.91. The van der Waals surface area contributed by atoms with Crippen LogP contribution in [0.1, 0.15) is 18.0 Å². The van der Waals surface area contributed by atoms with E-state index in [0.717, 1.165) is 22.0 Å². The van der Waals surface area contributed by atoms with Crippen LogP contribution in [0, 0.1) is 0 Å². The molecule has 3 aromatic rings. The second-order valence-corrected chi connectivity index (χ2v) is 5.63. The Bertz CT molecular complexity index is 765. The maximum absolute atomic E-state index is 12.1. The lowest BCUT2D eigenvalue weighted by Gasteiger charge is -2.11. The summed E-state index contributed by atoms with van der Waals surface area (Å²) in [5, 5.41) is 8.92. The highest BCUT2D eigenvalue weighted by Crippen LogP contribution is 2.20. The number of nitrogens with two attached hydrogens (primary N) is 1. The van der Waals surface area contributed by atoms with Crippen LogP contribution in [0.4, 0.5) is 5.69 Å². The maximum Gasteiger partial charge on any atom is 0.226 e. The summed E-state index contributed by atoms with van der Waals surface area (Å²) in [6.45, 7) is 0. The molecule has 23 heavy (non-hydrogen) atoms. The first-order valence-electron chi connectivity index (χ1n) is 6.64. The first kappa shape index (κ1) is 19.4. The summed E-state index contributed by atoms with van der Waals surface area (Å²) in [6, 6.07) is 9.36. The third-order valence-electron chi connectivity index (χ3n) is 3.30. The van der Waals surface area contributed by atoms with E-state index in [4.69, 9.17) is 5.73 Å². The van der Waals surface area contributed by atoms with Crippen molar-refractivity contribution in [1.29, 1.82) is 0 Å². The van der Waals surface area contributed by atoms with Crippen molar-refractivity contribution in [3.8, 4) is 0 Å². The lowest BCUT2D eigenvalue weighted by atomic mass is 10.1. The van der Waals surface area contributed by atoms with Gasteiger partial charge in [-0.25, -0.2) is 0 Å². The number of nitrogens with one attached hydrogen (secondary N) is 1. The van der Waals surface area contributed by atoms with Crippen molar-refractivity contribution in [3.05, 3.63) is 59.0 Å². The summed E-state index contributed by atoms with van der Waals surface area (Å²) in [4.78, 5) is 16.1. The van der Waals surface area contributed by atoms with Gasteiger partial charge in [0.05, 0.1) is 0 Å². The van der Waals surface area contributed by atoms with Crippen LogP contribution < -0.4 is 11.1 Å². The number of benzene rings is 1. The predicted octanol–water partition coefficient (Wildman–Crippen LogP) is 4.17. The van der Waals surface area contributed by atoms with Crippen LogP contribution in [-0.2, 0) is 4.79 Å². The van der Waals surface area contributed by atoms with E-state index in [2.05, 4.69) is 10.3 Å². The van der Waals surface area contributed by atoms with E-state index >= 15 is 0 Å². The topological polar surface area (TPSA) is 68.0 Å². The SMILES string of the molecule is Cl.Cl.NC(CC(=O)Nc1ccc2cnccc2c1)c1ccsc1. The summed E-state index contributed by atoms with van der Waals surface area (Å²) in [6.07, 6.45) is 3.80. The molecule has 7 heteroatoms. The number of carbonyl (C=O) groups is 1. The van der Waals surface area contributed by atoms with E-state index < -0.39 is 0 Å². The zero-order valence-corrected chi connectivity index (χ0v) is 14.6. The monoisotopic (exact) mass is 369 g/mol. The molecule has 0 saturated carbocycles. The van der Waals surface area contributed by atoms with E-state index in [-0.39, 0.29) is 43.2 Å². The first-order valence-corrected chi connectivity index (χ1v) is 7.58. The number of anilines is 1. The van der Waals surface area contributed by atoms with Gasteiger partial charge >= 0.3 is 0 Å². The Labute approximate surface area is 150 Å². The summed E-state index contributed by atoms with van der Waals surface area (Å²) in [5.74, 6) is -0.0814. The molecule has 3 rings (SSSR count). The van der Waals surface area contributed by atoms with Gasteiger partial charge in [0.25, 0.3) is 0 Å². The van der Waals surface area contributed by atoms with E-state index in [1.54, 1.807) is 23.7 Å². The molecule has 2 heterocycles. The van der Waals surface area contributed by atoms with Crippen molar-refractivity contribution in [2.75, 3.05) is 5.32 Å². The molecule has 0 fully saturated rings. The lowest BCUT2D eigenvalue weighted by molar-refractivity contribution is -0.116. The quantitative estimate of drug-likeness (QED) is 0.724. The summed E-state index contributed by atoms with van der Waals surface area (Å²) in [7, 11) is 0. The number of fused-ring (bicyclic) bond motifs is 1. The standard InChI is InChI=1S/C16H15N3OS.2ClH/c17-15(13-4-6-21-10-13)8-16(20)19-14-2-1-12-9-18-5-3-11(12)7-14;;/h1-7,9-10,15H,8,17H2,(H,19,20);2*1H. The minimum absolute atomic E-state index is 0. The average Bonchev–Trinajstić information content (AvgIpc) is 3.01. The van der Waals surface area contributed by atoms with Gasteiger partial charge in [-0.15, -0.1) is 24.8 Å². The maximum atomic E-state index is 12.1. The van der Waals surface area contributed by atoms with Crippen molar-refractivity contribution in [2.45, 2.75) is 12.5 Å². The van der Waals surface area contributed by atoms with E-state index in [1.165, 1.54) is 0 Å². The Morgan fingerprint density at radius 1 is 1.22 bits per heavy atom. The number of carbonyl (C=O) groups excluding carboxylic acids is 1. The van der Waals surface area contributed by atoms with Crippen LogP contribution in [0.2, 0.25) is 0 Å². The molecule has 0 aliphatic rings. The number of aromatic nitrogens is 1. The number of hydrogen-bond acceptors (Lipinski definition) is 4. The van der Waals surface area contributed by atoms with Crippen LogP contribution in [0.5, 0.6) is 0 Å². The molecule has 3 N–H and O–H groups in total. The molecule has 4 nitrogen and oxygen atoms in total. The van der Waals surface area contributed by atoms with Crippen molar-refractivity contribution >= 4 is 58.5 Å². The highest BCUT2D eigenvalue weighted by molar-refractivity contribution is 7.07. The van der Waals surface area contributed by atoms with E-state index in [0.29, 0.717) is 0 Å². The van der Waals surface area contributed by atoms with Crippen molar-refractivity contribution < 1.29 is 4.79 Å². The molecule has 2 aromatic heterocycles. The number of pyridine rings is 1. The van der Waals surface area contributed by atoms with Gasteiger partial charge in [-0.3, -0.25) is 9.78 Å². The van der Waals surface area contributed by atoms with Gasteiger partial charge in [-0.05, 0) is 46.0 Å². The van der Waals surface area contributed by atoms with Gasteiger partial charge in [-0.1, -0.05) is 6.07 Å². The molecule has 1 unspecified atom stereocenters. The normalized spacial score (nSPS) is 11.2. The summed E-state index contributed by atoms with van der Waals surface area (Å²) >= 11 is 1.58. The van der Waals surface area contributed by atoms with Crippen molar-refractivity contribution in [1.82, 2.24) is 4.98 Å². The molecule has 0 spiro atoms. The molecule has 1 atom stereocenters.